The molecule has 0 aliphatic carbocycles. The van der Waals surface area contributed by atoms with E-state index in [0.29, 0.717) is 0 Å². The smallest absolute Gasteiger partial charge is 0.331 e. The third-order valence-corrected chi connectivity index (χ3v) is 2.79. The number of rotatable bonds is 3. The number of amides is 1. The number of halogens is 2. The molecule has 0 saturated heterocycles. The average Bonchev–Trinajstić information content (AvgIpc) is 2.31. The normalized spacial score (nSPS) is 11.8. The minimum atomic E-state index is -1.18. The molecule has 8 heteroatoms. The molecule has 96 valence electrons. The Balaban J connectivity index is 3.03. The van der Waals surface area contributed by atoms with Crippen LogP contribution in [0.1, 0.15) is 13.8 Å². The summed E-state index contributed by atoms with van der Waals surface area (Å²) in [5.74, 6) is -1.81. The number of carboxylic acid groups (broad SMARTS) is 1. The van der Waals surface area contributed by atoms with Crippen molar-refractivity contribution in [1.29, 1.82) is 0 Å². The van der Waals surface area contributed by atoms with Gasteiger partial charge in [0.25, 0.3) is 5.91 Å². The Bertz CT molecular complexity index is 523. The summed E-state index contributed by atoms with van der Waals surface area (Å²) >= 11 is 11.5. The van der Waals surface area contributed by atoms with Gasteiger partial charge in [-0.3, -0.25) is 4.79 Å². The summed E-state index contributed by atoms with van der Waals surface area (Å²) in [5, 5.41) is 11.1. The average molecular weight is 290 g/mol. The second-order valence-electron chi connectivity index (χ2n) is 3.34. The summed E-state index contributed by atoms with van der Waals surface area (Å²) in [6.45, 7) is 2.70. The number of carboxylic acids is 1. The third kappa shape index (κ3) is 3.18. The fourth-order valence-corrected chi connectivity index (χ4v) is 1.39. The van der Waals surface area contributed by atoms with Gasteiger partial charge in [0.05, 0.1) is 0 Å². The zero-order chi connectivity index (χ0) is 13.9. The van der Waals surface area contributed by atoms with Gasteiger partial charge in [0, 0.05) is 11.1 Å². The topological polar surface area (TPSA) is 92.2 Å². The molecule has 0 aromatic carbocycles. The highest BCUT2D eigenvalue weighted by atomic mass is 35.5. The van der Waals surface area contributed by atoms with Crippen LogP contribution in [0.3, 0.4) is 0 Å². The van der Waals surface area contributed by atoms with Crippen molar-refractivity contribution < 1.29 is 14.7 Å². The van der Waals surface area contributed by atoms with Gasteiger partial charge < -0.3 is 10.4 Å². The molecule has 1 aromatic rings. The van der Waals surface area contributed by atoms with Crippen molar-refractivity contribution in [1.82, 2.24) is 9.97 Å². The van der Waals surface area contributed by atoms with Crippen LogP contribution in [0.5, 0.6) is 0 Å². The van der Waals surface area contributed by atoms with Gasteiger partial charge in [-0.25, -0.2) is 14.8 Å². The predicted octanol–water partition coefficient (Wildman–Crippen LogP) is 2.14. The third-order valence-electron chi connectivity index (χ3n) is 2.22. The van der Waals surface area contributed by atoms with Crippen molar-refractivity contribution >= 4 is 40.8 Å². The SMILES string of the molecule is CC(C(=O)O)=C(C)C(=O)Nc1c(Cl)ncnc1Cl. The Labute approximate surface area is 113 Å². The molecule has 0 spiro atoms. The van der Waals surface area contributed by atoms with Crippen molar-refractivity contribution in [2.45, 2.75) is 13.8 Å². The quantitative estimate of drug-likeness (QED) is 0.657. The molecule has 1 heterocycles. The fourth-order valence-electron chi connectivity index (χ4n) is 0.986. The van der Waals surface area contributed by atoms with Crippen LogP contribution in [0.25, 0.3) is 0 Å². The number of nitrogens with one attached hydrogen (secondary N) is 1. The molecule has 0 aliphatic rings. The van der Waals surface area contributed by atoms with Crippen LogP contribution in [0.2, 0.25) is 10.3 Å². The molecule has 0 aliphatic heterocycles. The summed E-state index contributed by atoms with van der Waals surface area (Å²) in [5.41, 5.74) is 0.0125. The summed E-state index contributed by atoms with van der Waals surface area (Å²) < 4.78 is 0. The summed E-state index contributed by atoms with van der Waals surface area (Å²) in [7, 11) is 0. The number of aromatic nitrogens is 2. The number of hydrogen-bond acceptors (Lipinski definition) is 4. The molecule has 0 radical (unpaired) electrons. The predicted molar refractivity (Wildman–Crippen MR) is 66.7 cm³/mol. The molecular weight excluding hydrogens is 281 g/mol. The molecule has 0 saturated carbocycles. The van der Waals surface area contributed by atoms with E-state index < -0.39 is 11.9 Å². The van der Waals surface area contributed by atoms with E-state index in [4.69, 9.17) is 28.3 Å². The molecule has 1 amide bonds. The van der Waals surface area contributed by atoms with Gasteiger partial charge in [-0.1, -0.05) is 23.2 Å². The number of carbonyl (C=O) groups excluding carboxylic acids is 1. The molecular formula is C10H9Cl2N3O3. The van der Waals surface area contributed by atoms with E-state index in [1.54, 1.807) is 0 Å². The highest BCUT2D eigenvalue weighted by Crippen LogP contribution is 2.26. The first kappa shape index (κ1) is 14.4. The van der Waals surface area contributed by atoms with Crippen molar-refractivity contribution in [3.05, 3.63) is 27.8 Å². The zero-order valence-electron chi connectivity index (χ0n) is 9.49. The summed E-state index contributed by atoms with van der Waals surface area (Å²) in [6, 6.07) is 0. The maximum absolute atomic E-state index is 11.8. The largest absolute Gasteiger partial charge is 0.478 e. The number of carbonyl (C=O) groups is 2. The van der Waals surface area contributed by atoms with Crippen molar-refractivity contribution in [3.8, 4) is 0 Å². The minimum absolute atomic E-state index is 0.0240. The van der Waals surface area contributed by atoms with Gasteiger partial charge in [-0.2, -0.15) is 0 Å². The Morgan fingerprint density at radius 2 is 1.67 bits per heavy atom. The van der Waals surface area contributed by atoms with Crippen molar-refractivity contribution in [3.63, 3.8) is 0 Å². The number of hydrogen-bond donors (Lipinski definition) is 2. The van der Waals surface area contributed by atoms with Crippen molar-refractivity contribution in [2.24, 2.45) is 0 Å². The van der Waals surface area contributed by atoms with Crippen LogP contribution in [-0.4, -0.2) is 27.0 Å². The number of nitrogens with zero attached hydrogens (tertiary/aromatic N) is 2. The van der Waals surface area contributed by atoms with Crippen LogP contribution >= 0.6 is 23.2 Å². The molecule has 0 bridgehead atoms. The summed E-state index contributed by atoms with van der Waals surface area (Å²) in [6.07, 6.45) is 1.14. The highest BCUT2D eigenvalue weighted by molar-refractivity contribution is 6.38. The van der Waals surface area contributed by atoms with E-state index in [2.05, 4.69) is 15.3 Å². The molecule has 18 heavy (non-hydrogen) atoms. The van der Waals surface area contributed by atoms with Gasteiger partial charge in [-0.05, 0) is 13.8 Å². The Morgan fingerprint density at radius 1 is 1.17 bits per heavy atom. The number of aliphatic carboxylic acids is 1. The molecule has 1 aromatic heterocycles. The van der Waals surface area contributed by atoms with Gasteiger partial charge in [0.1, 0.15) is 12.0 Å². The zero-order valence-corrected chi connectivity index (χ0v) is 11.0. The van der Waals surface area contributed by atoms with E-state index in [0.717, 1.165) is 6.33 Å². The van der Waals surface area contributed by atoms with E-state index in [1.165, 1.54) is 13.8 Å². The molecule has 0 fully saturated rings. The van der Waals surface area contributed by atoms with E-state index in [1.807, 2.05) is 0 Å². The highest BCUT2D eigenvalue weighted by Gasteiger charge is 2.16. The van der Waals surface area contributed by atoms with Crippen LogP contribution in [0, 0.1) is 0 Å². The molecule has 0 unspecified atom stereocenters. The lowest BCUT2D eigenvalue weighted by Gasteiger charge is -2.08. The Kier molecular flexibility index (Phi) is 4.63. The van der Waals surface area contributed by atoms with E-state index >= 15 is 0 Å². The first-order chi connectivity index (χ1) is 8.34. The molecule has 2 N–H and O–H groups in total. The van der Waals surface area contributed by atoms with Gasteiger partial charge in [0.2, 0.25) is 0 Å². The standard InChI is InChI=1S/C10H9Cl2N3O3/c1-4(5(2)10(17)18)9(16)15-6-7(11)13-3-14-8(6)12/h3H,1-2H3,(H,15,16)(H,17,18). The lowest BCUT2D eigenvalue weighted by Crippen LogP contribution is -2.17. The van der Waals surface area contributed by atoms with Crippen LogP contribution < -0.4 is 5.32 Å². The van der Waals surface area contributed by atoms with Crippen molar-refractivity contribution in [2.75, 3.05) is 5.32 Å². The first-order valence-corrected chi connectivity index (χ1v) is 5.48. The van der Waals surface area contributed by atoms with Crippen LogP contribution in [0.15, 0.2) is 17.5 Å². The maximum Gasteiger partial charge on any atom is 0.331 e. The Morgan fingerprint density at radius 3 is 2.11 bits per heavy atom. The Hall–Kier alpha value is -1.66. The second kappa shape index (κ2) is 5.79. The monoisotopic (exact) mass is 289 g/mol. The van der Waals surface area contributed by atoms with Crippen LogP contribution in [-0.2, 0) is 9.59 Å². The van der Waals surface area contributed by atoms with Crippen LogP contribution in [0.4, 0.5) is 5.69 Å². The lowest BCUT2D eigenvalue weighted by molar-refractivity contribution is -0.133. The summed E-state index contributed by atoms with van der Waals surface area (Å²) in [4.78, 5) is 29.8. The lowest BCUT2D eigenvalue weighted by atomic mass is 10.1. The maximum atomic E-state index is 11.8. The molecule has 6 nitrogen and oxygen atoms in total. The second-order valence-corrected chi connectivity index (χ2v) is 4.06. The van der Waals surface area contributed by atoms with E-state index in [-0.39, 0.29) is 27.1 Å². The molecule has 1 rings (SSSR count). The van der Waals surface area contributed by atoms with Gasteiger partial charge in [0.15, 0.2) is 10.3 Å². The first-order valence-electron chi connectivity index (χ1n) is 4.72. The van der Waals surface area contributed by atoms with E-state index in [9.17, 15) is 9.59 Å². The van der Waals surface area contributed by atoms with Gasteiger partial charge >= 0.3 is 5.97 Å². The molecule has 0 atom stereocenters. The number of anilines is 1. The van der Waals surface area contributed by atoms with Gasteiger partial charge in [-0.15, -0.1) is 0 Å². The fraction of sp³-hybridized carbons (Fsp3) is 0.200. The minimum Gasteiger partial charge on any atom is -0.478 e.